The van der Waals surface area contributed by atoms with E-state index in [0.717, 1.165) is 13.0 Å². The number of carbonyl (C=O) groups excluding carboxylic acids is 1. The van der Waals surface area contributed by atoms with Crippen molar-refractivity contribution in [3.8, 4) is 0 Å². The maximum absolute atomic E-state index is 11.6. The molecule has 3 nitrogen and oxygen atoms in total. The summed E-state index contributed by atoms with van der Waals surface area (Å²) in [6.07, 6.45) is 7.73. The predicted octanol–water partition coefficient (Wildman–Crippen LogP) is 2.20. The lowest BCUT2D eigenvalue weighted by Crippen LogP contribution is -2.36. The van der Waals surface area contributed by atoms with Crippen LogP contribution in [-0.4, -0.2) is 18.5 Å². The molecule has 1 unspecified atom stereocenters. The Hall–Kier alpha value is -0.570. The number of hydrogen-bond donors (Lipinski definition) is 2. The first-order valence-electron chi connectivity index (χ1n) is 6.60. The minimum atomic E-state index is 0.123. The van der Waals surface area contributed by atoms with E-state index in [2.05, 4.69) is 12.2 Å². The van der Waals surface area contributed by atoms with Crippen LogP contribution >= 0.6 is 0 Å². The van der Waals surface area contributed by atoms with Crippen LogP contribution in [0.15, 0.2) is 0 Å². The summed E-state index contributed by atoms with van der Waals surface area (Å²) < 4.78 is 0. The Morgan fingerprint density at radius 1 is 1.44 bits per heavy atom. The highest BCUT2D eigenvalue weighted by molar-refractivity contribution is 5.75. The van der Waals surface area contributed by atoms with Gasteiger partial charge >= 0.3 is 0 Å². The summed E-state index contributed by atoms with van der Waals surface area (Å²) in [6.45, 7) is 5.04. The summed E-state index contributed by atoms with van der Waals surface area (Å²) in [5, 5.41) is 3.08. The molecule has 0 spiro atoms. The second-order valence-corrected chi connectivity index (χ2v) is 5.35. The summed E-state index contributed by atoms with van der Waals surface area (Å²) in [6, 6.07) is 0.123. The van der Waals surface area contributed by atoms with Crippen LogP contribution in [0.25, 0.3) is 0 Å². The van der Waals surface area contributed by atoms with Gasteiger partial charge in [0.1, 0.15) is 0 Å². The number of amides is 1. The monoisotopic (exact) mass is 226 g/mol. The average molecular weight is 226 g/mol. The zero-order valence-corrected chi connectivity index (χ0v) is 10.7. The van der Waals surface area contributed by atoms with E-state index < -0.39 is 0 Å². The number of carbonyl (C=O) groups is 1. The molecule has 0 saturated heterocycles. The molecule has 94 valence electrons. The second kappa shape index (κ2) is 6.24. The van der Waals surface area contributed by atoms with Crippen molar-refractivity contribution < 1.29 is 4.79 Å². The van der Waals surface area contributed by atoms with E-state index in [9.17, 15) is 4.79 Å². The first kappa shape index (κ1) is 13.5. The van der Waals surface area contributed by atoms with Crippen LogP contribution in [0.3, 0.4) is 0 Å². The van der Waals surface area contributed by atoms with Crippen LogP contribution in [0.2, 0.25) is 0 Å². The van der Waals surface area contributed by atoms with Crippen LogP contribution in [0.5, 0.6) is 0 Å². The van der Waals surface area contributed by atoms with E-state index in [1.54, 1.807) is 0 Å². The first-order valence-corrected chi connectivity index (χ1v) is 6.60. The fourth-order valence-electron chi connectivity index (χ4n) is 2.51. The Bertz CT molecular complexity index is 220. The van der Waals surface area contributed by atoms with Gasteiger partial charge in [-0.05, 0) is 38.0 Å². The third kappa shape index (κ3) is 4.12. The summed E-state index contributed by atoms with van der Waals surface area (Å²) in [5.41, 5.74) is 6.02. The Morgan fingerprint density at radius 2 is 2.06 bits per heavy atom. The second-order valence-electron chi connectivity index (χ2n) is 5.35. The maximum atomic E-state index is 11.6. The Morgan fingerprint density at radius 3 is 2.56 bits per heavy atom. The molecular weight excluding hydrogens is 200 g/mol. The van der Waals surface area contributed by atoms with Gasteiger partial charge < -0.3 is 11.1 Å². The SMILES string of the molecule is CCC1(CNC(=O)CCC(C)N)CCCC1. The number of nitrogens with one attached hydrogen (secondary N) is 1. The molecule has 0 radical (unpaired) electrons. The van der Waals surface area contributed by atoms with Crippen LogP contribution < -0.4 is 11.1 Å². The molecule has 0 bridgehead atoms. The van der Waals surface area contributed by atoms with E-state index in [-0.39, 0.29) is 11.9 Å². The number of hydrogen-bond acceptors (Lipinski definition) is 2. The molecular formula is C13H26N2O. The van der Waals surface area contributed by atoms with Crippen molar-refractivity contribution in [1.82, 2.24) is 5.32 Å². The van der Waals surface area contributed by atoms with Gasteiger partial charge in [0, 0.05) is 19.0 Å². The summed E-state index contributed by atoms with van der Waals surface area (Å²) in [4.78, 5) is 11.6. The van der Waals surface area contributed by atoms with Gasteiger partial charge in [0.25, 0.3) is 0 Å². The van der Waals surface area contributed by atoms with E-state index in [0.29, 0.717) is 11.8 Å². The lowest BCUT2D eigenvalue weighted by atomic mass is 9.83. The van der Waals surface area contributed by atoms with Crippen molar-refractivity contribution in [3.05, 3.63) is 0 Å². The van der Waals surface area contributed by atoms with Gasteiger partial charge in [0.15, 0.2) is 0 Å². The maximum Gasteiger partial charge on any atom is 0.220 e. The summed E-state index contributed by atoms with van der Waals surface area (Å²) >= 11 is 0. The predicted molar refractivity (Wildman–Crippen MR) is 67.1 cm³/mol. The fourth-order valence-corrected chi connectivity index (χ4v) is 2.51. The average Bonchev–Trinajstić information content (AvgIpc) is 2.73. The fraction of sp³-hybridized carbons (Fsp3) is 0.923. The molecule has 3 N–H and O–H groups in total. The van der Waals surface area contributed by atoms with Crippen LogP contribution in [0.4, 0.5) is 0 Å². The van der Waals surface area contributed by atoms with E-state index in [1.807, 2.05) is 6.92 Å². The lowest BCUT2D eigenvalue weighted by molar-refractivity contribution is -0.121. The molecule has 0 aromatic rings. The van der Waals surface area contributed by atoms with Gasteiger partial charge in [-0.15, -0.1) is 0 Å². The van der Waals surface area contributed by atoms with Crippen molar-refractivity contribution in [2.24, 2.45) is 11.1 Å². The molecule has 1 amide bonds. The van der Waals surface area contributed by atoms with Gasteiger partial charge in [-0.1, -0.05) is 19.8 Å². The van der Waals surface area contributed by atoms with E-state index in [4.69, 9.17) is 5.73 Å². The zero-order chi connectivity index (χ0) is 12.0. The smallest absolute Gasteiger partial charge is 0.220 e. The highest BCUT2D eigenvalue weighted by Gasteiger charge is 2.31. The molecule has 1 saturated carbocycles. The third-order valence-electron chi connectivity index (χ3n) is 3.90. The number of nitrogens with two attached hydrogens (primary N) is 1. The van der Waals surface area contributed by atoms with E-state index >= 15 is 0 Å². The van der Waals surface area contributed by atoms with Crippen LogP contribution in [-0.2, 0) is 4.79 Å². The van der Waals surface area contributed by atoms with Crippen molar-refractivity contribution in [2.75, 3.05) is 6.54 Å². The Labute approximate surface area is 99.2 Å². The molecule has 1 atom stereocenters. The topological polar surface area (TPSA) is 55.1 Å². The molecule has 0 aromatic heterocycles. The molecule has 0 aliphatic heterocycles. The zero-order valence-electron chi connectivity index (χ0n) is 10.7. The first-order chi connectivity index (χ1) is 7.58. The quantitative estimate of drug-likeness (QED) is 0.729. The van der Waals surface area contributed by atoms with Gasteiger partial charge in [0.2, 0.25) is 5.91 Å². The van der Waals surface area contributed by atoms with Crippen LogP contribution in [0, 0.1) is 5.41 Å². The highest BCUT2D eigenvalue weighted by Crippen LogP contribution is 2.40. The number of rotatable bonds is 6. The molecule has 0 heterocycles. The van der Waals surface area contributed by atoms with Crippen molar-refractivity contribution in [3.63, 3.8) is 0 Å². The Kier molecular flexibility index (Phi) is 5.26. The Balaban J connectivity index is 2.24. The van der Waals surface area contributed by atoms with Crippen molar-refractivity contribution in [1.29, 1.82) is 0 Å². The molecule has 1 aliphatic rings. The molecule has 1 rings (SSSR count). The van der Waals surface area contributed by atoms with Crippen LogP contribution in [0.1, 0.15) is 58.8 Å². The largest absolute Gasteiger partial charge is 0.356 e. The third-order valence-corrected chi connectivity index (χ3v) is 3.90. The summed E-state index contributed by atoms with van der Waals surface area (Å²) in [5.74, 6) is 0.164. The van der Waals surface area contributed by atoms with E-state index in [1.165, 1.54) is 32.1 Å². The van der Waals surface area contributed by atoms with Gasteiger partial charge in [-0.3, -0.25) is 4.79 Å². The molecule has 1 aliphatic carbocycles. The van der Waals surface area contributed by atoms with Crippen molar-refractivity contribution in [2.45, 2.75) is 64.8 Å². The molecule has 0 aromatic carbocycles. The minimum absolute atomic E-state index is 0.123. The lowest BCUT2D eigenvalue weighted by Gasteiger charge is -2.27. The van der Waals surface area contributed by atoms with Gasteiger partial charge in [-0.25, -0.2) is 0 Å². The highest BCUT2D eigenvalue weighted by atomic mass is 16.1. The minimum Gasteiger partial charge on any atom is -0.356 e. The molecule has 3 heteroatoms. The standard InChI is InChI=1S/C13H26N2O/c1-3-13(8-4-5-9-13)10-15-12(16)7-6-11(2)14/h11H,3-10,14H2,1-2H3,(H,15,16). The summed E-state index contributed by atoms with van der Waals surface area (Å²) in [7, 11) is 0. The molecule has 1 fully saturated rings. The normalized spacial score (nSPS) is 20.7. The molecule has 16 heavy (non-hydrogen) atoms. The van der Waals surface area contributed by atoms with Gasteiger partial charge in [-0.2, -0.15) is 0 Å². The van der Waals surface area contributed by atoms with Crippen molar-refractivity contribution >= 4 is 5.91 Å². The van der Waals surface area contributed by atoms with Gasteiger partial charge in [0.05, 0.1) is 0 Å².